The van der Waals surface area contributed by atoms with Crippen molar-refractivity contribution in [1.29, 1.82) is 0 Å². The van der Waals surface area contributed by atoms with E-state index in [4.69, 9.17) is 9.72 Å². The van der Waals surface area contributed by atoms with Gasteiger partial charge in [-0.2, -0.15) is 0 Å². The number of H-pyrrole nitrogens is 1. The number of hydrogen-bond acceptors (Lipinski definition) is 3. The summed E-state index contributed by atoms with van der Waals surface area (Å²) in [5, 5.41) is 2.11. The van der Waals surface area contributed by atoms with Gasteiger partial charge in [0.2, 0.25) is 0 Å². The van der Waals surface area contributed by atoms with Gasteiger partial charge in [-0.15, -0.1) is 0 Å². The molecular weight excluding hydrogens is 278 g/mol. The van der Waals surface area contributed by atoms with E-state index in [-0.39, 0.29) is 12.1 Å². The summed E-state index contributed by atoms with van der Waals surface area (Å²) in [5.74, 6) is 1.42. The van der Waals surface area contributed by atoms with Crippen LogP contribution in [0.25, 0.3) is 12.2 Å². The first-order valence-electron chi connectivity index (χ1n) is 8.11. The topological polar surface area (TPSA) is 58.2 Å². The molecule has 5 nitrogen and oxygen atoms in total. The molecule has 5 heteroatoms. The lowest BCUT2D eigenvalue weighted by Crippen LogP contribution is -2.36. The van der Waals surface area contributed by atoms with Crippen LogP contribution in [0.3, 0.4) is 0 Å². The molecule has 1 aliphatic carbocycles. The van der Waals surface area contributed by atoms with Crippen molar-refractivity contribution >= 4 is 18.2 Å². The molecule has 0 saturated carbocycles. The van der Waals surface area contributed by atoms with Crippen LogP contribution in [0.15, 0.2) is 0 Å². The number of nitrogens with zero attached hydrogens (tertiary/aromatic N) is 2. The number of carbonyl (C=O) groups is 1. The predicted molar refractivity (Wildman–Crippen MR) is 85.5 cm³/mol. The number of hydrogen-bond donors (Lipinski definition) is 1. The van der Waals surface area contributed by atoms with Gasteiger partial charge in [0, 0.05) is 6.54 Å². The zero-order valence-electron chi connectivity index (χ0n) is 13.8. The van der Waals surface area contributed by atoms with Gasteiger partial charge < -0.3 is 9.72 Å². The molecule has 1 aromatic heterocycles. The fourth-order valence-corrected chi connectivity index (χ4v) is 3.10. The van der Waals surface area contributed by atoms with Gasteiger partial charge in [0.1, 0.15) is 11.4 Å². The normalized spacial score (nSPS) is 24.5. The van der Waals surface area contributed by atoms with Crippen LogP contribution in [0.5, 0.6) is 0 Å². The second kappa shape index (κ2) is 5.45. The van der Waals surface area contributed by atoms with Crippen molar-refractivity contribution < 1.29 is 9.53 Å². The van der Waals surface area contributed by atoms with E-state index in [9.17, 15) is 4.79 Å². The summed E-state index contributed by atoms with van der Waals surface area (Å²) >= 11 is 0. The zero-order chi connectivity index (χ0) is 15.9. The summed E-state index contributed by atoms with van der Waals surface area (Å²) < 4.78 is 5.52. The fourth-order valence-electron chi connectivity index (χ4n) is 3.10. The van der Waals surface area contributed by atoms with Crippen molar-refractivity contribution in [3.05, 3.63) is 16.5 Å². The van der Waals surface area contributed by atoms with Crippen LogP contribution in [0.2, 0.25) is 0 Å². The Bertz CT molecular complexity index is 684. The van der Waals surface area contributed by atoms with Crippen molar-refractivity contribution in [3.63, 3.8) is 0 Å². The van der Waals surface area contributed by atoms with E-state index in [2.05, 4.69) is 24.1 Å². The highest BCUT2D eigenvalue weighted by molar-refractivity contribution is 5.69. The van der Waals surface area contributed by atoms with Crippen LogP contribution in [-0.4, -0.2) is 33.1 Å². The number of ether oxygens (including phenoxy) is 1. The van der Waals surface area contributed by atoms with Gasteiger partial charge in [0.05, 0.1) is 16.7 Å². The summed E-state index contributed by atoms with van der Waals surface area (Å²) in [5.41, 5.74) is -0.469. The lowest BCUT2D eigenvalue weighted by molar-refractivity contribution is 0.0218. The van der Waals surface area contributed by atoms with E-state index >= 15 is 0 Å². The standard InChI is InChI=1S/C17H25N3O2/c1-11-7-8-12-13(10-11)19-15(18-12)14-6-5-9-20(14)16(21)22-17(2,3)4/h8,10-11,14H,5-7,9H2,1-4H3,(H,18,19). The van der Waals surface area contributed by atoms with Crippen LogP contribution < -0.4 is 10.7 Å². The summed E-state index contributed by atoms with van der Waals surface area (Å²) in [6.45, 7) is 8.62. The van der Waals surface area contributed by atoms with Crippen LogP contribution in [0, 0.1) is 5.92 Å². The van der Waals surface area contributed by atoms with Crippen LogP contribution in [-0.2, 0) is 4.74 Å². The van der Waals surface area contributed by atoms with Crippen LogP contribution in [0.4, 0.5) is 4.79 Å². The van der Waals surface area contributed by atoms with E-state index in [0.29, 0.717) is 5.92 Å². The van der Waals surface area contributed by atoms with E-state index in [0.717, 1.165) is 42.3 Å². The number of amides is 1. The quantitative estimate of drug-likeness (QED) is 0.864. The minimum absolute atomic E-state index is 0.00226. The molecule has 22 heavy (non-hydrogen) atoms. The monoisotopic (exact) mass is 303 g/mol. The van der Waals surface area contributed by atoms with Gasteiger partial charge in [-0.1, -0.05) is 19.1 Å². The van der Waals surface area contributed by atoms with E-state index < -0.39 is 5.60 Å². The van der Waals surface area contributed by atoms with Crippen LogP contribution in [0.1, 0.15) is 58.8 Å². The Balaban J connectivity index is 1.85. The smallest absolute Gasteiger partial charge is 0.410 e. The van der Waals surface area contributed by atoms with E-state index in [1.54, 1.807) is 4.90 Å². The van der Waals surface area contributed by atoms with Gasteiger partial charge in [0.25, 0.3) is 0 Å². The number of nitrogens with one attached hydrogen (secondary N) is 1. The maximum atomic E-state index is 12.4. The van der Waals surface area contributed by atoms with Crippen molar-refractivity contribution in [2.75, 3.05) is 6.54 Å². The summed E-state index contributed by atoms with van der Waals surface area (Å²) in [4.78, 5) is 22.3. The Morgan fingerprint density at radius 2 is 2.23 bits per heavy atom. The largest absolute Gasteiger partial charge is 0.444 e. The number of aromatic amines is 1. The summed E-state index contributed by atoms with van der Waals surface area (Å²) in [6.07, 6.45) is 7.09. The fraction of sp³-hybridized carbons (Fsp3) is 0.647. The molecule has 1 aliphatic heterocycles. The highest BCUT2D eigenvalue weighted by atomic mass is 16.6. The third-order valence-corrected chi connectivity index (χ3v) is 4.11. The predicted octanol–water partition coefficient (Wildman–Crippen LogP) is 2.08. The highest BCUT2D eigenvalue weighted by Gasteiger charge is 2.34. The molecule has 1 saturated heterocycles. The number of rotatable bonds is 1. The molecule has 2 atom stereocenters. The van der Waals surface area contributed by atoms with Gasteiger partial charge in [-0.3, -0.25) is 4.90 Å². The zero-order valence-corrected chi connectivity index (χ0v) is 13.8. The van der Waals surface area contributed by atoms with Crippen LogP contribution >= 0.6 is 0 Å². The Labute approximate surface area is 131 Å². The molecule has 1 fully saturated rings. The lowest BCUT2D eigenvalue weighted by atomic mass is 10.0. The van der Waals surface area contributed by atoms with E-state index in [1.165, 1.54) is 0 Å². The third-order valence-electron chi connectivity index (χ3n) is 4.11. The molecule has 1 amide bonds. The molecule has 0 aromatic carbocycles. The first kappa shape index (κ1) is 15.1. The first-order valence-corrected chi connectivity index (χ1v) is 8.11. The van der Waals surface area contributed by atoms with Gasteiger partial charge >= 0.3 is 6.09 Å². The maximum Gasteiger partial charge on any atom is 0.410 e. The lowest BCUT2D eigenvalue weighted by Gasteiger charge is -2.27. The Kier molecular flexibility index (Phi) is 3.75. The van der Waals surface area contributed by atoms with Gasteiger partial charge in [-0.25, -0.2) is 9.78 Å². The Morgan fingerprint density at radius 1 is 1.45 bits per heavy atom. The van der Waals surface area contributed by atoms with Crippen molar-refractivity contribution in [2.24, 2.45) is 5.92 Å². The molecule has 0 radical (unpaired) electrons. The summed E-state index contributed by atoms with van der Waals surface area (Å²) in [6, 6.07) is -0.00226. The second-order valence-electron chi connectivity index (χ2n) is 7.34. The molecule has 0 spiro atoms. The van der Waals surface area contributed by atoms with Crippen molar-refractivity contribution in [1.82, 2.24) is 14.9 Å². The van der Waals surface area contributed by atoms with Gasteiger partial charge in [0.15, 0.2) is 0 Å². The average Bonchev–Trinajstić information content (AvgIpc) is 3.01. The van der Waals surface area contributed by atoms with Crippen molar-refractivity contribution in [3.8, 4) is 0 Å². The number of carbonyl (C=O) groups excluding carboxylic acids is 1. The summed E-state index contributed by atoms with van der Waals surface area (Å²) in [7, 11) is 0. The SMILES string of the molecule is CC1C=c2[nH]c(C3CCCN3C(=O)OC(C)(C)C)nc2=CC1. The molecule has 2 aliphatic rings. The van der Waals surface area contributed by atoms with Crippen molar-refractivity contribution in [2.45, 2.75) is 58.6 Å². The minimum Gasteiger partial charge on any atom is -0.444 e. The van der Waals surface area contributed by atoms with Gasteiger partial charge in [-0.05, 0) is 46.0 Å². The third kappa shape index (κ3) is 3.03. The van der Waals surface area contributed by atoms with E-state index in [1.807, 2.05) is 20.8 Å². The molecule has 120 valence electrons. The second-order valence-corrected chi connectivity index (χ2v) is 7.34. The molecule has 3 rings (SSSR count). The Morgan fingerprint density at radius 3 is 2.95 bits per heavy atom. The molecule has 1 aromatic rings. The number of imidazole rings is 1. The number of fused-ring (bicyclic) bond motifs is 1. The highest BCUT2D eigenvalue weighted by Crippen LogP contribution is 2.30. The molecule has 0 bridgehead atoms. The number of likely N-dealkylation sites (tertiary alicyclic amines) is 1. The number of aromatic nitrogens is 2. The molecule has 2 unspecified atom stereocenters. The molecule has 2 heterocycles. The average molecular weight is 303 g/mol. The maximum absolute atomic E-state index is 12.4. The molecular formula is C17H25N3O2. The molecule has 1 N–H and O–H groups in total. The minimum atomic E-state index is -0.469. The Hall–Kier alpha value is -1.78. The first-order chi connectivity index (χ1) is 10.3.